The lowest BCUT2D eigenvalue weighted by atomic mass is 9.91. The molecule has 4 rings (SSSR count). The number of hydrogen-bond donors (Lipinski definition) is 0. The minimum atomic E-state index is -0.244. The van der Waals surface area contributed by atoms with Crippen LogP contribution < -0.4 is 14.2 Å². The largest absolute Gasteiger partial charge is 0.493 e. The van der Waals surface area contributed by atoms with Crippen molar-refractivity contribution in [1.82, 2.24) is 4.90 Å². The Morgan fingerprint density at radius 3 is 2.36 bits per heavy atom. The van der Waals surface area contributed by atoms with Crippen LogP contribution in [0.4, 0.5) is 0 Å². The van der Waals surface area contributed by atoms with Crippen LogP contribution in [-0.4, -0.2) is 38.2 Å². The maximum Gasteiger partial charge on any atom is 0.254 e. The predicted molar refractivity (Wildman–Crippen MR) is 130 cm³/mol. The average molecular weight is 446 g/mol. The fraction of sp³-hybridized carbons (Fsp3) is 0.321. The Labute approximate surface area is 195 Å². The molecule has 1 aliphatic rings. The lowest BCUT2D eigenvalue weighted by molar-refractivity contribution is 0.0588. The number of hydrogen-bond acceptors (Lipinski definition) is 4. The van der Waals surface area contributed by atoms with Crippen molar-refractivity contribution >= 4 is 5.91 Å². The van der Waals surface area contributed by atoms with Gasteiger partial charge >= 0.3 is 0 Å². The monoisotopic (exact) mass is 445 g/mol. The predicted octanol–water partition coefficient (Wildman–Crippen LogP) is 5.39. The zero-order chi connectivity index (χ0) is 23.4. The molecule has 1 amide bonds. The zero-order valence-electron chi connectivity index (χ0n) is 19.8. The summed E-state index contributed by atoms with van der Waals surface area (Å²) in [5.41, 5.74) is 5.13. The summed E-state index contributed by atoms with van der Waals surface area (Å²) < 4.78 is 17.3. The van der Waals surface area contributed by atoms with Crippen LogP contribution in [0, 0.1) is 6.92 Å². The van der Waals surface area contributed by atoms with Crippen LogP contribution in [0.3, 0.4) is 0 Å². The molecule has 3 aromatic rings. The van der Waals surface area contributed by atoms with Gasteiger partial charge in [-0.15, -0.1) is 0 Å². The Morgan fingerprint density at radius 1 is 1.00 bits per heavy atom. The van der Waals surface area contributed by atoms with E-state index in [1.807, 2.05) is 60.4 Å². The number of ether oxygens (including phenoxy) is 3. The Kier molecular flexibility index (Phi) is 6.87. The van der Waals surface area contributed by atoms with Gasteiger partial charge in [-0.05, 0) is 72.4 Å². The summed E-state index contributed by atoms with van der Waals surface area (Å²) in [6, 6.07) is 19.6. The average Bonchev–Trinajstić information content (AvgIpc) is 2.86. The summed E-state index contributed by atoms with van der Waals surface area (Å²) in [6.07, 6.45) is 1.73. The van der Waals surface area contributed by atoms with E-state index in [-0.39, 0.29) is 11.9 Å². The molecule has 0 saturated carbocycles. The molecule has 33 heavy (non-hydrogen) atoms. The van der Waals surface area contributed by atoms with Crippen molar-refractivity contribution in [2.75, 3.05) is 27.4 Å². The van der Waals surface area contributed by atoms with Crippen LogP contribution in [0.25, 0.3) is 0 Å². The second-order valence-electron chi connectivity index (χ2n) is 8.29. The van der Waals surface area contributed by atoms with Crippen molar-refractivity contribution < 1.29 is 19.0 Å². The Morgan fingerprint density at radius 2 is 1.70 bits per heavy atom. The summed E-state index contributed by atoms with van der Waals surface area (Å²) in [5.74, 6) is 2.16. The van der Waals surface area contributed by atoms with Crippen LogP contribution >= 0.6 is 0 Å². The van der Waals surface area contributed by atoms with Crippen LogP contribution in [0.1, 0.15) is 45.6 Å². The molecule has 1 atom stereocenters. The first-order chi connectivity index (χ1) is 16.0. The molecule has 5 heteroatoms. The standard InChI is InChI=1S/C28H31NO4/c1-5-20-10-12-22(13-11-20)33-18-25-24-17-27(32-4)26(31-3)16-21(24)14-15-29(25)28(30)23-9-7-6-8-19(23)2/h6-13,16-17,25H,5,14-15,18H2,1-4H3. The third-order valence-electron chi connectivity index (χ3n) is 6.38. The molecule has 0 aliphatic carbocycles. The van der Waals surface area contributed by atoms with Gasteiger partial charge in [0.2, 0.25) is 0 Å². The van der Waals surface area contributed by atoms with Gasteiger partial charge in [-0.2, -0.15) is 0 Å². The Balaban J connectivity index is 1.70. The first-order valence-corrected chi connectivity index (χ1v) is 11.4. The number of benzene rings is 3. The van der Waals surface area contributed by atoms with Gasteiger partial charge in [0.05, 0.1) is 20.3 Å². The molecule has 0 aromatic heterocycles. The topological polar surface area (TPSA) is 48.0 Å². The van der Waals surface area contributed by atoms with E-state index >= 15 is 0 Å². The smallest absolute Gasteiger partial charge is 0.254 e. The van der Waals surface area contributed by atoms with Crippen molar-refractivity contribution in [3.63, 3.8) is 0 Å². The second kappa shape index (κ2) is 9.99. The van der Waals surface area contributed by atoms with Gasteiger partial charge in [0.1, 0.15) is 12.4 Å². The highest BCUT2D eigenvalue weighted by atomic mass is 16.5. The van der Waals surface area contributed by atoms with Gasteiger partial charge in [0.25, 0.3) is 5.91 Å². The van der Waals surface area contributed by atoms with Crippen LogP contribution in [0.15, 0.2) is 60.7 Å². The lowest BCUT2D eigenvalue weighted by Gasteiger charge is -2.38. The first-order valence-electron chi connectivity index (χ1n) is 11.4. The molecule has 5 nitrogen and oxygen atoms in total. The highest BCUT2D eigenvalue weighted by Gasteiger charge is 2.33. The van der Waals surface area contributed by atoms with Crippen LogP contribution in [-0.2, 0) is 12.8 Å². The number of methoxy groups -OCH3 is 2. The van der Waals surface area contributed by atoms with E-state index in [0.717, 1.165) is 40.8 Å². The number of rotatable bonds is 7. The summed E-state index contributed by atoms with van der Waals surface area (Å²) >= 11 is 0. The summed E-state index contributed by atoms with van der Waals surface area (Å²) in [4.78, 5) is 15.6. The van der Waals surface area contributed by atoms with E-state index < -0.39 is 0 Å². The quantitative estimate of drug-likeness (QED) is 0.489. The molecule has 1 aliphatic heterocycles. The SMILES string of the molecule is CCc1ccc(OCC2c3cc(OC)c(OC)cc3CCN2C(=O)c2ccccc2C)cc1. The fourth-order valence-corrected chi connectivity index (χ4v) is 4.42. The normalized spacial score (nSPS) is 15.0. The van der Waals surface area contributed by atoms with Crippen molar-refractivity contribution in [2.45, 2.75) is 32.7 Å². The molecule has 172 valence electrons. The molecule has 0 saturated heterocycles. The van der Waals surface area contributed by atoms with Crippen molar-refractivity contribution in [3.05, 3.63) is 88.5 Å². The molecular formula is C28H31NO4. The number of nitrogens with zero attached hydrogens (tertiary/aromatic N) is 1. The summed E-state index contributed by atoms with van der Waals surface area (Å²) in [5, 5.41) is 0. The Bertz CT molecular complexity index is 1120. The van der Waals surface area contributed by atoms with Gasteiger partial charge in [-0.3, -0.25) is 4.79 Å². The number of fused-ring (bicyclic) bond motifs is 1. The van der Waals surface area contributed by atoms with E-state index in [9.17, 15) is 4.79 Å². The highest BCUT2D eigenvalue weighted by Crippen LogP contribution is 2.39. The van der Waals surface area contributed by atoms with Gasteiger partial charge in [0, 0.05) is 12.1 Å². The number of amides is 1. The lowest BCUT2D eigenvalue weighted by Crippen LogP contribution is -2.42. The maximum absolute atomic E-state index is 13.6. The molecule has 0 fully saturated rings. The molecule has 0 spiro atoms. The van der Waals surface area contributed by atoms with Gasteiger partial charge in [-0.1, -0.05) is 37.3 Å². The third kappa shape index (κ3) is 4.68. The zero-order valence-corrected chi connectivity index (χ0v) is 19.8. The minimum Gasteiger partial charge on any atom is -0.493 e. The maximum atomic E-state index is 13.6. The highest BCUT2D eigenvalue weighted by molar-refractivity contribution is 5.96. The van der Waals surface area contributed by atoms with Gasteiger partial charge in [-0.25, -0.2) is 0 Å². The number of carbonyl (C=O) groups is 1. The summed E-state index contributed by atoms with van der Waals surface area (Å²) in [7, 11) is 3.27. The Hall–Kier alpha value is -3.47. The van der Waals surface area contributed by atoms with E-state index in [1.165, 1.54) is 5.56 Å². The van der Waals surface area contributed by atoms with Gasteiger partial charge < -0.3 is 19.1 Å². The number of carbonyl (C=O) groups excluding carboxylic acids is 1. The van der Waals surface area contributed by atoms with Gasteiger partial charge in [0.15, 0.2) is 11.5 Å². The van der Waals surface area contributed by atoms with E-state index in [4.69, 9.17) is 14.2 Å². The summed E-state index contributed by atoms with van der Waals surface area (Å²) in [6.45, 7) is 5.06. The van der Waals surface area contributed by atoms with Crippen molar-refractivity contribution in [3.8, 4) is 17.2 Å². The fourth-order valence-electron chi connectivity index (χ4n) is 4.42. The van der Waals surface area contributed by atoms with E-state index in [1.54, 1.807) is 14.2 Å². The van der Waals surface area contributed by atoms with Crippen LogP contribution in [0.5, 0.6) is 17.2 Å². The molecule has 0 radical (unpaired) electrons. The molecule has 1 unspecified atom stereocenters. The molecule has 0 bridgehead atoms. The molecule has 3 aromatic carbocycles. The van der Waals surface area contributed by atoms with E-state index in [2.05, 4.69) is 19.1 Å². The molecular weight excluding hydrogens is 414 g/mol. The third-order valence-corrected chi connectivity index (χ3v) is 6.38. The van der Waals surface area contributed by atoms with Crippen molar-refractivity contribution in [1.29, 1.82) is 0 Å². The second-order valence-corrected chi connectivity index (χ2v) is 8.29. The minimum absolute atomic E-state index is 0.0171. The van der Waals surface area contributed by atoms with Crippen molar-refractivity contribution in [2.24, 2.45) is 0 Å². The van der Waals surface area contributed by atoms with E-state index in [0.29, 0.717) is 24.7 Å². The van der Waals surface area contributed by atoms with Crippen LogP contribution in [0.2, 0.25) is 0 Å². The first kappa shape index (κ1) is 22.7. The molecule has 1 heterocycles. The number of aryl methyl sites for hydroxylation is 2. The molecule has 0 N–H and O–H groups in total.